The summed E-state index contributed by atoms with van der Waals surface area (Å²) in [6.45, 7) is 0. The first-order chi connectivity index (χ1) is 4.70. The van der Waals surface area contributed by atoms with E-state index in [1.165, 1.54) is 20.6 Å². The summed E-state index contributed by atoms with van der Waals surface area (Å²) in [7, 11) is 2.77. The predicted molar refractivity (Wildman–Crippen MR) is 35.0 cm³/mol. The summed E-state index contributed by atoms with van der Waals surface area (Å²) in [4.78, 5) is 20.9. The van der Waals surface area contributed by atoms with Crippen LogP contribution < -0.4 is 5.32 Å². The zero-order valence-corrected chi connectivity index (χ0v) is 6.01. The van der Waals surface area contributed by atoms with Crippen LogP contribution in [-0.4, -0.2) is 26.0 Å². The maximum absolute atomic E-state index is 10.5. The van der Waals surface area contributed by atoms with E-state index in [4.69, 9.17) is 0 Å². The lowest BCUT2D eigenvalue weighted by atomic mass is 10.3. The monoisotopic (exact) mass is 144 g/mol. The zero-order chi connectivity index (χ0) is 7.98. The van der Waals surface area contributed by atoms with Crippen molar-refractivity contribution in [3.63, 3.8) is 0 Å². The number of esters is 1. The smallest absolute Gasteiger partial charge is 0.306 e. The van der Waals surface area contributed by atoms with Gasteiger partial charge in [-0.25, -0.2) is 0 Å². The Kier molecular flexibility index (Phi) is 4.28. The van der Waals surface area contributed by atoms with Crippen molar-refractivity contribution in [2.24, 2.45) is 0 Å². The highest BCUT2D eigenvalue weighted by atomic mass is 16.5. The first kappa shape index (κ1) is 8.94. The van der Waals surface area contributed by atoms with Crippen molar-refractivity contribution < 1.29 is 14.3 Å². The molecule has 0 aliphatic heterocycles. The van der Waals surface area contributed by atoms with E-state index >= 15 is 0 Å². The quantitative estimate of drug-likeness (QED) is 0.543. The summed E-state index contributed by atoms with van der Waals surface area (Å²) in [6.07, 6.45) is 1.25. The Bertz CT molecular complexity index is 117. The van der Waals surface area contributed by atoms with Crippen molar-refractivity contribution in [1.29, 1.82) is 0 Å². The van der Waals surface area contributed by atoms with Gasteiger partial charge < -0.3 is 10.1 Å². The van der Waals surface area contributed by atoms with Crippen LogP contribution in [0.2, 0.25) is 0 Å². The van der Waals surface area contributed by atoms with Crippen LogP contribution >= 0.6 is 0 Å². The molecule has 0 atom stereocenters. The highest BCUT2D eigenvalue weighted by Gasteiger charge is 2.03. The molecule has 0 fully saturated rings. The van der Waals surface area contributed by atoms with Crippen molar-refractivity contribution in [2.75, 3.05) is 14.2 Å². The Labute approximate surface area is 59.6 Å². The average molecular weight is 144 g/mol. The Balaban J connectivity index is 3.35. The second kappa shape index (κ2) is 4.78. The lowest BCUT2D eigenvalue weighted by molar-refractivity contribution is -0.140. The number of ether oxygens (including phenoxy) is 1. The summed E-state index contributed by atoms with van der Waals surface area (Å²) in [6, 6.07) is 0. The van der Waals surface area contributed by atoms with Gasteiger partial charge in [0.15, 0.2) is 0 Å². The molecule has 0 aromatic rings. The predicted octanol–water partition coefficient (Wildman–Crippen LogP) is -0.500. The van der Waals surface area contributed by atoms with Crippen molar-refractivity contribution in [3.8, 4) is 0 Å². The molecule has 0 heterocycles. The first-order valence-electron chi connectivity index (χ1n) is 2.82. The van der Waals surface area contributed by atoms with E-state index in [0.29, 0.717) is 0 Å². The number of rotatable bonds is 3. The zero-order valence-electron chi connectivity index (χ0n) is 6.01. The maximum atomic E-state index is 10.5. The van der Waals surface area contributed by atoms with Crippen molar-refractivity contribution in [3.05, 3.63) is 6.42 Å². The minimum absolute atomic E-state index is 0.0240. The van der Waals surface area contributed by atoms with E-state index in [1.54, 1.807) is 0 Å². The van der Waals surface area contributed by atoms with Crippen LogP contribution in [0.5, 0.6) is 0 Å². The van der Waals surface area contributed by atoms with Crippen molar-refractivity contribution in [2.45, 2.75) is 6.42 Å². The van der Waals surface area contributed by atoms with E-state index in [2.05, 4.69) is 10.1 Å². The lowest BCUT2D eigenvalue weighted by Gasteiger charge is -1.96. The molecule has 0 saturated carbocycles. The normalized spacial score (nSPS) is 8.60. The van der Waals surface area contributed by atoms with E-state index in [9.17, 15) is 9.59 Å². The number of amides is 1. The third-order valence-corrected chi connectivity index (χ3v) is 0.928. The molecule has 0 aromatic heterocycles. The summed E-state index contributed by atoms with van der Waals surface area (Å²) in [5, 5.41) is 2.34. The molecule has 4 nitrogen and oxygen atoms in total. The number of carbonyl (C=O) groups excluding carboxylic acids is 2. The van der Waals surface area contributed by atoms with E-state index in [1.807, 2.05) is 0 Å². The standard InChI is InChI=1S/C6H10NO3/c1-7-5(8)3-4-6(9)10-2/h3H,4H2,1-2H3,(H,7,8). The molecule has 0 aliphatic carbocycles. The second-order valence-corrected chi connectivity index (χ2v) is 1.60. The first-order valence-corrected chi connectivity index (χ1v) is 2.82. The van der Waals surface area contributed by atoms with Crippen LogP contribution in [0.1, 0.15) is 6.42 Å². The Hall–Kier alpha value is -1.06. The van der Waals surface area contributed by atoms with Crippen LogP contribution in [0.4, 0.5) is 0 Å². The molecule has 10 heavy (non-hydrogen) atoms. The molecule has 4 heteroatoms. The van der Waals surface area contributed by atoms with Crippen LogP contribution in [-0.2, 0) is 14.3 Å². The van der Waals surface area contributed by atoms with Gasteiger partial charge in [-0.1, -0.05) is 0 Å². The molecule has 1 radical (unpaired) electrons. The summed E-state index contributed by atoms with van der Waals surface area (Å²) < 4.78 is 4.29. The summed E-state index contributed by atoms with van der Waals surface area (Å²) in [5.41, 5.74) is 0. The highest BCUT2D eigenvalue weighted by molar-refractivity contribution is 5.88. The second-order valence-electron chi connectivity index (χ2n) is 1.60. The largest absolute Gasteiger partial charge is 0.469 e. The molecular formula is C6H10NO3. The van der Waals surface area contributed by atoms with Gasteiger partial charge in [-0.05, 0) is 0 Å². The molecule has 0 spiro atoms. The third-order valence-electron chi connectivity index (χ3n) is 0.928. The molecule has 0 bridgehead atoms. The van der Waals surface area contributed by atoms with Crippen molar-refractivity contribution in [1.82, 2.24) is 5.32 Å². The summed E-state index contributed by atoms with van der Waals surface area (Å²) >= 11 is 0. The van der Waals surface area contributed by atoms with Crippen LogP contribution in [0.25, 0.3) is 0 Å². The van der Waals surface area contributed by atoms with Gasteiger partial charge in [-0.15, -0.1) is 0 Å². The number of hydrogen-bond donors (Lipinski definition) is 1. The lowest BCUT2D eigenvalue weighted by Crippen LogP contribution is -2.19. The molecule has 0 aliphatic rings. The van der Waals surface area contributed by atoms with Gasteiger partial charge in [0.25, 0.3) is 0 Å². The minimum Gasteiger partial charge on any atom is -0.469 e. The van der Waals surface area contributed by atoms with Gasteiger partial charge in [0.05, 0.1) is 20.0 Å². The summed E-state index contributed by atoms with van der Waals surface area (Å²) in [5.74, 6) is -0.686. The van der Waals surface area contributed by atoms with Gasteiger partial charge in [0, 0.05) is 7.05 Å². The van der Waals surface area contributed by atoms with Crippen LogP contribution in [0.15, 0.2) is 0 Å². The van der Waals surface area contributed by atoms with E-state index < -0.39 is 5.97 Å². The molecule has 0 saturated heterocycles. The van der Waals surface area contributed by atoms with E-state index in [-0.39, 0.29) is 12.3 Å². The van der Waals surface area contributed by atoms with Crippen molar-refractivity contribution >= 4 is 11.9 Å². The van der Waals surface area contributed by atoms with Gasteiger partial charge in [-0.3, -0.25) is 9.59 Å². The fourth-order valence-electron chi connectivity index (χ4n) is 0.361. The van der Waals surface area contributed by atoms with Gasteiger partial charge in [0.1, 0.15) is 0 Å². The molecular weight excluding hydrogens is 134 g/mol. The highest BCUT2D eigenvalue weighted by Crippen LogP contribution is 1.88. The van der Waals surface area contributed by atoms with Gasteiger partial charge >= 0.3 is 5.97 Å². The SMILES string of the molecule is CNC(=O)[CH]CC(=O)OC. The molecule has 1 amide bonds. The maximum Gasteiger partial charge on any atom is 0.306 e. The number of hydrogen-bond acceptors (Lipinski definition) is 3. The Morgan fingerprint density at radius 2 is 2.20 bits per heavy atom. The molecule has 57 valence electrons. The molecule has 0 rings (SSSR count). The van der Waals surface area contributed by atoms with E-state index in [0.717, 1.165) is 0 Å². The van der Waals surface area contributed by atoms with Crippen LogP contribution in [0, 0.1) is 6.42 Å². The third kappa shape index (κ3) is 3.88. The van der Waals surface area contributed by atoms with Gasteiger partial charge in [-0.2, -0.15) is 0 Å². The Morgan fingerprint density at radius 1 is 1.60 bits per heavy atom. The number of carbonyl (C=O) groups is 2. The molecule has 0 aromatic carbocycles. The topological polar surface area (TPSA) is 55.4 Å². The fraction of sp³-hybridized carbons (Fsp3) is 0.500. The average Bonchev–Trinajstić information content (AvgIpc) is 1.99. The molecule has 1 N–H and O–H groups in total. The number of nitrogens with one attached hydrogen (secondary N) is 1. The Morgan fingerprint density at radius 3 is 2.60 bits per heavy atom. The fourth-order valence-corrected chi connectivity index (χ4v) is 0.361. The van der Waals surface area contributed by atoms with Crippen LogP contribution in [0.3, 0.4) is 0 Å². The van der Waals surface area contributed by atoms with Gasteiger partial charge in [0.2, 0.25) is 5.91 Å². The minimum atomic E-state index is -0.413. The number of methoxy groups -OCH3 is 1. The molecule has 0 unspecified atom stereocenters.